The molecule has 1 saturated heterocycles. The topological polar surface area (TPSA) is 84.9 Å². The second-order valence-electron chi connectivity index (χ2n) is 7.59. The number of carbonyl (C=O) groups excluding carboxylic acids is 1. The van der Waals surface area contributed by atoms with Crippen molar-refractivity contribution in [1.29, 1.82) is 0 Å². The highest BCUT2D eigenvalue weighted by Crippen LogP contribution is 2.28. The third-order valence-electron chi connectivity index (χ3n) is 5.47. The molecule has 0 radical (unpaired) electrons. The van der Waals surface area contributed by atoms with E-state index < -0.39 is 10.0 Å². The number of carbonyl (C=O) groups is 1. The number of nitrogens with one attached hydrogen (secondary N) is 1. The summed E-state index contributed by atoms with van der Waals surface area (Å²) in [5.41, 5.74) is 1.46. The van der Waals surface area contributed by atoms with Gasteiger partial charge in [-0.3, -0.25) is 4.79 Å². The van der Waals surface area contributed by atoms with E-state index in [1.807, 2.05) is 12.1 Å². The number of amides is 1. The maximum absolute atomic E-state index is 12.8. The Balaban J connectivity index is 1.52. The first-order valence-electron chi connectivity index (χ1n) is 10.1. The fourth-order valence-corrected chi connectivity index (χ4v) is 5.52. The van der Waals surface area contributed by atoms with Crippen LogP contribution in [0.1, 0.15) is 24.0 Å². The zero-order chi connectivity index (χ0) is 23.3. The van der Waals surface area contributed by atoms with E-state index in [1.54, 1.807) is 38.5 Å². The molecule has 3 rings (SSSR count). The minimum Gasteiger partial charge on any atom is -0.493 e. The van der Waals surface area contributed by atoms with E-state index in [4.69, 9.17) is 32.7 Å². The number of ether oxygens (including phenoxy) is 2. The summed E-state index contributed by atoms with van der Waals surface area (Å²) in [6, 6.07) is 10.3. The number of sulfonamides is 1. The van der Waals surface area contributed by atoms with Crippen LogP contribution in [-0.2, 0) is 27.1 Å². The van der Waals surface area contributed by atoms with E-state index >= 15 is 0 Å². The summed E-state index contributed by atoms with van der Waals surface area (Å²) in [5, 5.41) is 3.64. The first kappa shape index (κ1) is 24.6. The predicted molar refractivity (Wildman–Crippen MR) is 125 cm³/mol. The molecule has 0 unspecified atom stereocenters. The van der Waals surface area contributed by atoms with Crippen LogP contribution >= 0.6 is 23.2 Å². The number of hydrogen-bond donors (Lipinski definition) is 1. The van der Waals surface area contributed by atoms with Gasteiger partial charge in [-0.15, -0.1) is 0 Å². The number of halogens is 2. The number of benzene rings is 2. The fraction of sp³-hybridized carbons (Fsp3) is 0.409. The highest BCUT2D eigenvalue weighted by Gasteiger charge is 2.31. The maximum atomic E-state index is 12.8. The molecule has 1 amide bonds. The molecule has 1 fully saturated rings. The zero-order valence-electron chi connectivity index (χ0n) is 17.9. The lowest BCUT2D eigenvalue weighted by atomic mass is 9.97. The van der Waals surface area contributed by atoms with Crippen LogP contribution in [0.3, 0.4) is 0 Å². The number of nitrogens with zero attached hydrogens (tertiary/aromatic N) is 1. The van der Waals surface area contributed by atoms with Gasteiger partial charge in [-0.1, -0.05) is 35.3 Å². The van der Waals surface area contributed by atoms with Gasteiger partial charge in [0.2, 0.25) is 15.9 Å². The molecule has 1 N–H and O–H groups in total. The van der Waals surface area contributed by atoms with Gasteiger partial charge in [0.15, 0.2) is 11.5 Å². The molecule has 0 aromatic heterocycles. The molecule has 0 atom stereocenters. The second-order valence-corrected chi connectivity index (χ2v) is 10.4. The van der Waals surface area contributed by atoms with E-state index in [-0.39, 0.29) is 17.6 Å². The van der Waals surface area contributed by atoms with Gasteiger partial charge < -0.3 is 14.8 Å². The van der Waals surface area contributed by atoms with E-state index in [1.165, 1.54) is 4.31 Å². The second kappa shape index (κ2) is 10.7. The van der Waals surface area contributed by atoms with Gasteiger partial charge in [0.05, 0.1) is 30.0 Å². The largest absolute Gasteiger partial charge is 0.493 e. The molecule has 2 aromatic carbocycles. The first-order valence-corrected chi connectivity index (χ1v) is 12.5. The molecular weight excluding hydrogens is 475 g/mol. The molecule has 32 heavy (non-hydrogen) atoms. The Morgan fingerprint density at radius 1 is 1.00 bits per heavy atom. The molecule has 0 saturated carbocycles. The molecule has 174 valence electrons. The lowest BCUT2D eigenvalue weighted by Crippen LogP contribution is -2.43. The minimum absolute atomic E-state index is 0.0821. The van der Waals surface area contributed by atoms with Crippen molar-refractivity contribution in [3.05, 3.63) is 57.6 Å². The normalized spacial score (nSPS) is 15.4. The Labute approximate surface area is 198 Å². The van der Waals surface area contributed by atoms with Crippen LogP contribution < -0.4 is 14.8 Å². The van der Waals surface area contributed by atoms with Gasteiger partial charge in [-0.05, 0) is 48.2 Å². The Morgan fingerprint density at radius 3 is 2.28 bits per heavy atom. The van der Waals surface area contributed by atoms with Gasteiger partial charge in [0, 0.05) is 25.6 Å². The van der Waals surface area contributed by atoms with Gasteiger partial charge in [-0.25, -0.2) is 12.7 Å². The summed E-state index contributed by atoms with van der Waals surface area (Å²) in [5.74, 6) is 0.754. The van der Waals surface area contributed by atoms with Crippen LogP contribution in [0.15, 0.2) is 36.4 Å². The molecule has 1 heterocycles. The van der Waals surface area contributed by atoms with Gasteiger partial charge in [0.1, 0.15) is 0 Å². The minimum atomic E-state index is -3.51. The molecule has 0 bridgehead atoms. The Hall–Kier alpha value is -2.00. The van der Waals surface area contributed by atoms with Crippen molar-refractivity contribution >= 4 is 39.1 Å². The van der Waals surface area contributed by atoms with Crippen LogP contribution in [0.2, 0.25) is 10.0 Å². The molecule has 7 nitrogen and oxygen atoms in total. The molecule has 10 heteroatoms. The maximum Gasteiger partial charge on any atom is 0.223 e. The van der Waals surface area contributed by atoms with E-state index in [9.17, 15) is 13.2 Å². The summed E-state index contributed by atoms with van der Waals surface area (Å²) in [4.78, 5) is 12.6. The standard InChI is InChI=1S/C22H26Cl2N2O5S/c1-30-20-6-4-15(12-21(20)31-2)13-25-22(27)17-7-9-26(10-8-17)32(28,29)14-16-3-5-18(23)19(24)11-16/h3-6,11-12,17H,7-10,13-14H2,1-2H3,(H,25,27). The average Bonchev–Trinajstić information content (AvgIpc) is 2.79. The molecule has 0 spiro atoms. The predicted octanol–water partition coefficient (Wildman–Crippen LogP) is 3.87. The van der Waals surface area contributed by atoms with E-state index in [0.29, 0.717) is 59.6 Å². The third-order valence-corrected chi connectivity index (χ3v) is 8.05. The average molecular weight is 501 g/mol. The third kappa shape index (κ3) is 6.07. The molecule has 2 aromatic rings. The summed E-state index contributed by atoms with van der Waals surface area (Å²) < 4.78 is 37.5. The SMILES string of the molecule is COc1ccc(CNC(=O)C2CCN(S(=O)(=O)Cc3ccc(Cl)c(Cl)c3)CC2)cc1OC. The van der Waals surface area contributed by atoms with E-state index in [0.717, 1.165) is 5.56 Å². The van der Waals surface area contributed by atoms with Crippen LogP contribution in [0, 0.1) is 5.92 Å². The fourth-order valence-electron chi connectivity index (χ4n) is 3.65. The van der Waals surface area contributed by atoms with Crippen LogP contribution in [0.25, 0.3) is 0 Å². The molecule has 1 aliphatic rings. The van der Waals surface area contributed by atoms with Gasteiger partial charge >= 0.3 is 0 Å². The van der Waals surface area contributed by atoms with Crippen molar-refractivity contribution in [3.63, 3.8) is 0 Å². The number of hydrogen-bond acceptors (Lipinski definition) is 5. The highest BCUT2D eigenvalue weighted by atomic mass is 35.5. The number of rotatable bonds is 8. The van der Waals surface area contributed by atoms with Crippen molar-refractivity contribution in [1.82, 2.24) is 9.62 Å². The lowest BCUT2D eigenvalue weighted by Gasteiger charge is -2.30. The van der Waals surface area contributed by atoms with Crippen LogP contribution in [-0.4, -0.2) is 45.9 Å². The zero-order valence-corrected chi connectivity index (χ0v) is 20.3. The molecule has 0 aliphatic carbocycles. The smallest absolute Gasteiger partial charge is 0.223 e. The van der Waals surface area contributed by atoms with Gasteiger partial charge in [-0.2, -0.15) is 0 Å². The Morgan fingerprint density at radius 2 is 1.66 bits per heavy atom. The highest BCUT2D eigenvalue weighted by molar-refractivity contribution is 7.88. The Kier molecular flexibility index (Phi) is 8.27. The Bertz CT molecular complexity index is 1070. The lowest BCUT2D eigenvalue weighted by molar-refractivity contribution is -0.126. The van der Waals surface area contributed by atoms with Crippen molar-refractivity contribution in [2.45, 2.75) is 25.1 Å². The quantitative estimate of drug-likeness (QED) is 0.594. The van der Waals surface area contributed by atoms with Crippen molar-refractivity contribution < 1.29 is 22.7 Å². The van der Waals surface area contributed by atoms with Crippen LogP contribution in [0.5, 0.6) is 11.5 Å². The summed E-state index contributed by atoms with van der Waals surface area (Å²) in [6.45, 7) is 0.964. The van der Waals surface area contributed by atoms with E-state index in [2.05, 4.69) is 5.32 Å². The molecule has 1 aliphatic heterocycles. The molecular formula is C22H26Cl2N2O5S. The summed E-state index contributed by atoms with van der Waals surface area (Å²) in [7, 11) is -0.386. The number of piperidine rings is 1. The van der Waals surface area contributed by atoms with Gasteiger partial charge in [0.25, 0.3) is 0 Å². The summed E-state index contributed by atoms with van der Waals surface area (Å²) >= 11 is 11.9. The van der Waals surface area contributed by atoms with Crippen molar-refractivity contribution in [3.8, 4) is 11.5 Å². The monoisotopic (exact) mass is 500 g/mol. The number of methoxy groups -OCH3 is 2. The van der Waals surface area contributed by atoms with Crippen molar-refractivity contribution in [2.24, 2.45) is 5.92 Å². The van der Waals surface area contributed by atoms with Crippen molar-refractivity contribution in [2.75, 3.05) is 27.3 Å². The summed E-state index contributed by atoms with van der Waals surface area (Å²) in [6.07, 6.45) is 0.941. The van der Waals surface area contributed by atoms with Crippen LogP contribution in [0.4, 0.5) is 0 Å². The first-order chi connectivity index (χ1) is 15.2.